The van der Waals surface area contributed by atoms with Gasteiger partial charge >= 0.3 is 0 Å². The summed E-state index contributed by atoms with van der Waals surface area (Å²) < 4.78 is 29.2. The summed E-state index contributed by atoms with van der Waals surface area (Å²) in [6, 6.07) is 6.00. The minimum absolute atomic E-state index is 0.604. The van der Waals surface area contributed by atoms with Crippen LogP contribution >= 0.6 is 0 Å². The Kier molecular flexibility index (Phi) is 4.46. The van der Waals surface area contributed by atoms with E-state index in [1.54, 1.807) is 0 Å². The minimum atomic E-state index is -3.92. The monoisotopic (exact) mass is 189 g/mol. The first kappa shape index (κ1) is 11.1. The van der Waals surface area contributed by atoms with Gasteiger partial charge < -0.3 is 4.55 Å². The van der Waals surface area contributed by atoms with Crippen LogP contribution in [0.4, 0.5) is 0 Å². The lowest BCUT2D eigenvalue weighted by atomic mass is 10.5. The first-order valence-electron chi connectivity index (χ1n) is 3.21. The Balaban J connectivity index is 0.000000217. The molecule has 0 radical (unpaired) electrons. The van der Waals surface area contributed by atoms with Crippen LogP contribution in [-0.2, 0) is 17.2 Å². The zero-order chi connectivity index (χ0) is 9.61. The summed E-state index contributed by atoms with van der Waals surface area (Å²) in [5, 5.41) is 0. The summed E-state index contributed by atoms with van der Waals surface area (Å²) in [6.07, 6.45) is 4.60. The molecule has 0 fully saturated rings. The van der Waals surface area contributed by atoms with E-state index in [2.05, 4.69) is 0 Å². The molecule has 0 bridgehead atoms. The predicted molar refractivity (Wildman–Crippen MR) is 43.2 cm³/mol. The standard InChI is InChI=1S/C6H8N.CH4O3S/c1-7-5-3-2-4-6-7;1-5(2,3)4/h2-6H,1H3;1H3,(H,2,3,4)/q+1;/p-1. The van der Waals surface area contributed by atoms with E-state index in [0.717, 1.165) is 0 Å². The lowest BCUT2D eigenvalue weighted by Gasteiger charge is -1.90. The molecular weight excluding hydrogens is 178 g/mol. The summed E-state index contributed by atoms with van der Waals surface area (Å²) in [4.78, 5) is 0. The van der Waals surface area contributed by atoms with Crippen LogP contribution in [0.5, 0.6) is 0 Å². The van der Waals surface area contributed by atoms with Crippen LogP contribution in [0.1, 0.15) is 0 Å². The van der Waals surface area contributed by atoms with Gasteiger partial charge in [0.05, 0.1) is 10.1 Å². The average Bonchev–Trinajstić information content (AvgIpc) is 1.85. The molecule has 0 atom stereocenters. The highest BCUT2D eigenvalue weighted by Gasteiger charge is 1.78. The molecule has 0 N–H and O–H groups in total. The van der Waals surface area contributed by atoms with Gasteiger partial charge in [0.25, 0.3) is 0 Å². The maximum absolute atomic E-state index is 9.08. The first-order valence-corrected chi connectivity index (χ1v) is 5.02. The quantitative estimate of drug-likeness (QED) is 0.415. The number of rotatable bonds is 0. The third-order valence-electron chi connectivity index (χ3n) is 0.865. The topological polar surface area (TPSA) is 61.1 Å². The fourth-order valence-corrected chi connectivity index (χ4v) is 0.485. The number of aromatic nitrogens is 1. The summed E-state index contributed by atoms with van der Waals surface area (Å²) in [5.74, 6) is 0. The number of nitrogens with zero attached hydrogens (tertiary/aromatic N) is 1. The van der Waals surface area contributed by atoms with Crippen molar-refractivity contribution in [3.63, 3.8) is 0 Å². The fourth-order valence-electron chi connectivity index (χ4n) is 0.485. The predicted octanol–water partition coefficient (Wildman–Crippen LogP) is -0.328. The van der Waals surface area contributed by atoms with Crippen LogP contribution in [-0.4, -0.2) is 19.2 Å². The van der Waals surface area contributed by atoms with Gasteiger partial charge in [-0.3, -0.25) is 0 Å². The Labute approximate surface area is 72.2 Å². The van der Waals surface area contributed by atoms with Crippen molar-refractivity contribution in [2.45, 2.75) is 0 Å². The van der Waals surface area contributed by atoms with E-state index in [-0.39, 0.29) is 0 Å². The van der Waals surface area contributed by atoms with E-state index < -0.39 is 10.1 Å². The number of pyridine rings is 1. The largest absolute Gasteiger partial charge is 0.748 e. The van der Waals surface area contributed by atoms with Gasteiger partial charge in [-0.05, 0) is 0 Å². The molecule has 1 aromatic heterocycles. The molecule has 1 rings (SSSR count). The van der Waals surface area contributed by atoms with Gasteiger partial charge in [0.1, 0.15) is 7.05 Å². The van der Waals surface area contributed by atoms with Crippen molar-refractivity contribution in [1.82, 2.24) is 0 Å². The van der Waals surface area contributed by atoms with Crippen molar-refractivity contribution >= 4 is 10.1 Å². The smallest absolute Gasteiger partial charge is 0.168 e. The van der Waals surface area contributed by atoms with E-state index in [0.29, 0.717) is 6.26 Å². The van der Waals surface area contributed by atoms with Crippen LogP contribution in [0.2, 0.25) is 0 Å². The lowest BCUT2D eigenvalue weighted by Crippen LogP contribution is -2.25. The van der Waals surface area contributed by atoms with Crippen molar-refractivity contribution in [3.05, 3.63) is 30.6 Å². The van der Waals surface area contributed by atoms with Crippen LogP contribution in [0.25, 0.3) is 0 Å². The minimum Gasteiger partial charge on any atom is -0.748 e. The Morgan fingerprint density at radius 3 is 1.67 bits per heavy atom. The van der Waals surface area contributed by atoms with Crippen molar-refractivity contribution in [3.8, 4) is 0 Å². The maximum atomic E-state index is 9.08. The van der Waals surface area contributed by atoms with Gasteiger partial charge in [0, 0.05) is 18.4 Å². The van der Waals surface area contributed by atoms with E-state index in [9.17, 15) is 0 Å². The summed E-state index contributed by atoms with van der Waals surface area (Å²) in [5.41, 5.74) is 0. The van der Waals surface area contributed by atoms with Crippen LogP contribution < -0.4 is 4.57 Å². The Morgan fingerprint density at radius 1 is 1.17 bits per heavy atom. The van der Waals surface area contributed by atoms with Gasteiger partial charge in [-0.25, -0.2) is 13.0 Å². The highest BCUT2D eigenvalue weighted by molar-refractivity contribution is 7.84. The Hall–Kier alpha value is -0.940. The lowest BCUT2D eigenvalue weighted by molar-refractivity contribution is -0.671. The molecule has 0 saturated heterocycles. The van der Waals surface area contributed by atoms with Gasteiger partial charge in [-0.15, -0.1) is 0 Å². The van der Waals surface area contributed by atoms with E-state index in [4.69, 9.17) is 13.0 Å². The molecule has 4 nitrogen and oxygen atoms in total. The second-order valence-corrected chi connectivity index (χ2v) is 3.65. The third-order valence-corrected chi connectivity index (χ3v) is 0.865. The molecule has 5 heteroatoms. The van der Waals surface area contributed by atoms with Crippen LogP contribution in [0.15, 0.2) is 30.6 Å². The Morgan fingerprint density at radius 2 is 1.50 bits per heavy atom. The molecule has 0 amide bonds. The van der Waals surface area contributed by atoms with Crippen LogP contribution in [0.3, 0.4) is 0 Å². The molecule has 1 aromatic rings. The first-order chi connectivity index (χ1) is 5.39. The second-order valence-electron chi connectivity index (χ2n) is 2.25. The summed E-state index contributed by atoms with van der Waals surface area (Å²) in [7, 11) is -1.92. The molecular formula is C7H11NO3S. The Bertz CT molecular complexity index is 299. The van der Waals surface area contributed by atoms with Crippen molar-refractivity contribution < 1.29 is 17.5 Å². The number of hydrogen-bond donors (Lipinski definition) is 0. The molecule has 0 aromatic carbocycles. The maximum Gasteiger partial charge on any atom is 0.168 e. The van der Waals surface area contributed by atoms with Gasteiger partial charge in [0.2, 0.25) is 0 Å². The molecule has 0 aliphatic rings. The van der Waals surface area contributed by atoms with Crippen LogP contribution in [0, 0.1) is 0 Å². The summed E-state index contributed by atoms with van der Waals surface area (Å²) in [6.45, 7) is 0. The SMILES string of the molecule is CS(=O)(=O)[O-].C[n+]1ccccc1. The third kappa shape index (κ3) is 11.8. The van der Waals surface area contributed by atoms with Crippen molar-refractivity contribution in [2.75, 3.05) is 6.26 Å². The average molecular weight is 189 g/mol. The number of hydrogen-bond acceptors (Lipinski definition) is 3. The zero-order valence-electron chi connectivity index (χ0n) is 6.97. The van der Waals surface area contributed by atoms with E-state index >= 15 is 0 Å². The number of aryl methyl sites for hydroxylation is 1. The molecule has 0 unspecified atom stereocenters. The molecule has 1 heterocycles. The molecule has 12 heavy (non-hydrogen) atoms. The van der Waals surface area contributed by atoms with Gasteiger partial charge in [0.15, 0.2) is 12.4 Å². The molecule has 68 valence electrons. The van der Waals surface area contributed by atoms with Gasteiger partial charge in [-0.1, -0.05) is 6.07 Å². The highest BCUT2D eigenvalue weighted by Crippen LogP contribution is 1.71. The summed E-state index contributed by atoms with van der Waals surface area (Å²) >= 11 is 0. The highest BCUT2D eigenvalue weighted by atomic mass is 32.2. The molecule has 0 saturated carbocycles. The second kappa shape index (κ2) is 4.84. The van der Waals surface area contributed by atoms with Crippen molar-refractivity contribution in [2.24, 2.45) is 7.05 Å². The zero-order valence-corrected chi connectivity index (χ0v) is 7.78. The molecule has 0 aliphatic carbocycles. The van der Waals surface area contributed by atoms with Gasteiger partial charge in [-0.2, -0.15) is 0 Å². The van der Waals surface area contributed by atoms with E-state index in [1.165, 1.54) is 0 Å². The molecule has 0 spiro atoms. The normalized spacial score (nSPS) is 9.92. The fraction of sp³-hybridized carbons (Fsp3) is 0.286. The molecule has 0 aliphatic heterocycles. The van der Waals surface area contributed by atoms with Crippen molar-refractivity contribution in [1.29, 1.82) is 0 Å². The van der Waals surface area contributed by atoms with E-state index in [1.807, 2.05) is 42.2 Å².